The highest BCUT2D eigenvalue weighted by molar-refractivity contribution is 5.61. The number of pyridine rings is 1. The fourth-order valence-corrected chi connectivity index (χ4v) is 1.86. The Kier molecular flexibility index (Phi) is 2.68. The van der Waals surface area contributed by atoms with E-state index in [1.807, 2.05) is 29.8 Å². The molecule has 1 N–H and O–H groups in total. The van der Waals surface area contributed by atoms with Crippen LogP contribution in [0.25, 0.3) is 17.1 Å². The Hall–Kier alpha value is -2.76. The molecule has 0 spiro atoms. The molecule has 0 atom stereocenters. The Morgan fingerprint density at radius 1 is 1.32 bits per heavy atom. The van der Waals surface area contributed by atoms with Gasteiger partial charge < -0.3 is 0 Å². The molecule has 6 heteroatoms. The minimum absolute atomic E-state index is 0.204. The second kappa shape index (κ2) is 4.49. The van der Waals surface area contributed by atoms with Crippen LogP contribution in [0.2, 0.25) is 0 Å². The molecule has 3 aromatic heterocycles. The summed E-state index contributed by atoms with van der Waals surface area (Å²) in [5.74, 6) is 0.781. The van der Waals surface area contributed by atoms with Gasteiger partial charge in [-0.25, -0.2) is 15.1 Å². The van der Waals surface area contributed by atoms with E-state index in [1.54, 1.807) is 18.7 Å². The van der Waals surface area contributed by atoms with Gasteiger partial charge in [0, 0.05) is 30.2 Å². The summed E-state index contributed by atoms with van der Waals surface area (Å²) in [5, 5.41) is 6.48. The molecular weight excluding hydrogens is 242 g/mol. The smallest absolute Gasteiger partial charge is 0.264 e. The molecule has 3 rings (SSSR count). The average Bonchev–Trinajstić information content (AvgIpc) is 2.93. The zero-order valence-electron chi connectivity index (χ0n) is 10.2. The maximum atomic E-state index is 11.1. The normalized spacial score (nSPS) is 10.6. The van der Waals surface area contributed by atoms with Crippen molar-refractivity contribution in [2.24, 2.45) is 0 Å². The van der Waals surface area contributed by atoms with E-state index in [0.29, 0.717) is 0 Å². The van der Waals surface area contributed by atoms with Crippen molar-refractivity contribution >= 4 is 0 Å². The Bertz CT molecular complexity index is 743. The standard InChI is InChI=1S/C13H11N5O/c1-9-6-12(19)16-17-13(9)10-2-3-11(15-7-10)18-5-4-14-8-18/h2-8H,1H3,(H,16,19). The molecule has 3 aromatic rings. The number of hydrogen-bond donors (Lipinski definition) is 1. The molecule has 0 amide bonds. The summed E-state index contributed by atoms with van der Waals surface area (Å²) in [6, 6.07) is 5.31. The second-order valence-electron chi connectivity index (χ2n) is 4.14. The third kappa shape index (κ3) is 2.15. The Balaban J connectivity index is 2.01. The number of hydrogen-bond acceptors (Lipinski definition) is 4. The van der Waals surface area contributed by atoms with E-state index in [4.69, 9.17) is 0 Å². The van der Waals surface area contributed by atoms with Crippen LogP contribution in [0.4, 0.5) is 0 Å². The molecule has 0 saturated carbocycles. The number of aryl methyl sites for hydroxylation is 1. The van der Waals surface area contributed by atoms with Crippen molar-refractivity contribution in [2.45, 2.75) is 6.92 Å². The van der Waals surface area contributed by atoms with E-state index in [2.05, 4.69) is 20.2 Å². The van der Waals surface area contributed by atoms with Gasteiger partial charge >= 0.3 is 0 Å². The number of aromatic nitrogens is 5. The SMILES string of the molecule is Cc1cc(=O)[nH]nc1-c1ccc(-n2ccnc2)nc1. The van der Waals surface area contributed by atoms with Crippen LogP contribution in [0.15, 0.2) is 47.9 Å². The topological polar surface area (TPSA) is 76.5 Å². The Morgan fingerprint density at radius 3 is 2.84 bits per heavy atom. The van der Waals surface area contributed by atoms with Gasteiger partial charge in [0.15, 0.2) is 0 Å². The molecule has 0 saturated heterocycles. The summed E-state index contributed by atoms with van der Waals surface area (Å²) in [5.41, 5.74) is 2.20. The predicted octanol–water partition coefficient (Wildman–Crippen LogP) is 1.33. The van der Waals surface area contributed by atoms with Gasteiger partial charge in [-0.3, -0.25) is 9.36 Å². The molecule has 3 heterocycles. The summed E-state index contributed by atoms with van der Waals surface area (Å²) < 4.78 is 1.82. The third-order valence-corrected chi connectivity index (χ3v) is 2.79. The highest BCUT2D eigenvalue weighted by atomic mass is 16.1. The molecule has 19 heavy (non-hydrogen) atoms. The molecule has 0 aliphatic heterocycles. The zero-order chi connectivity index (χ0) is 13.2. The molecule has 0 aromatic carbocycles. The summed E-state index contributed by atoms with van der Waals surface area (Å²) in [6.45, 7) is 1.85. The number of H-pyrrole nitrogens is 1. The molecular formula is C13H11N5O. The Labute approximate surface area is 108 Å². The van der Waals surface area contributed by atoms with Crippen LogP contribution in [-0.2, 0) is 0 Å². The van der Waals surface area contributed by atoms with E-state index < -0.39 is 0 Å². The lowest BCUT2D eigenvalue weighted by Crippen LogP contribution is -2.08. The van der Waals surface area contributed by atoms with E-state index >= 15 is 0 Å². The van der Waals surface area contributed by atoms with E-state index in [-0.39, 0.29) is 5.56 Å². The van der Waals surface area contributed by atoms with Crippen LogP contribution in [0, 0.1) is 6.92 Å². The van der Waals surface area contributed by atoms with Crippen LogP contribution in [-0.4, -0.2) is 24.7 Å². The third-order valence-electron chi connectivity index (χ3n) is 2.79. The molecule has 0 radical (unpaired) electrons. The summed E-state index contributed by atoms with van der Waals surface area (Å²) in [7, 11) is 0. The lowest BCUT2D eigenvalue weighted by molar-refractivity contribution is 0.971. The lowest BCUT2D eigenvalue weighted by atomic mass is 10.1. The van der Waals surface area contributed by atoms with Gasteiger partial charge in [-0.05, 0) is 24.6 Å². The zero-order valence-corrected chi connectivity index (χ0v) is 10.2. The van der Waals surface area contributed by atoms with Crippen LogP contribution in [0.3, 0.4) is 0 Å². The van der Waals surface area contributed by atoms with Gasteiger partial charge in [0.2, 0.25) is 0 Å². The average molecular weight is 253 g/mol. The molecule has 0 fully saturated rings. The van der Waals surface area contributed by atoms with Gasteiger partial charge in [0.25, 0.3) is 5.56 Å². The molecule has 0 aliphatic rings. The molecule has 6 nitrogen and oxygen atoms in total. The first-order valence-corrected chi connectivity index (χ1v) is 5.75. The largest absolute Gasteiger partial charge is 0.291 e. The van der Waals surface area contributed by atoms with Gasteiger partial charge in [0.05, 0.1) is 5.69 Å². The van der Waals surface area contributed by atoms with Crippen molar-refractivity contribution in [1.82, 2.24) is 24.7 Å². The van der Waals surface area contributed by atoms with E-state index in [0.717, 1.165) is 22.6 Å². The second-order valence-corrected chi connectivity index (χ2v) is 4.14. The summed E-state index contributed by atoms with van der Waals surface area (Å²) in [6.07, 6.45) is 6.93. The number of nitrogens with one attached hydrogen (secondary N) is 1. The quantitative estimate of drug-likeness (QED) is 0.747. The number of nitrogens with zero attached hydrogens (tertiary/aromatic N) is 4. The fourth-order valence-electron chi connectivity index (χ4n) is 1.86. The van der Waals surface area contributed by atoms with Crippen LogP contribution >= 0.6 is 0 Å². The fraction of sp³-hybridized carbons (Fsp3) is 0.0769. The monoisotopic (exact) mass is 253 g/mol. The maximum absolute atomic E-state index is 11.1. The lowest BCUT2D eigenvalue weighted by Gasteiger charge is -2.05. The summed E-state index contributed by atoms with van der Waals surface area (Å²) >= 11 is 0. The van der Waals surface area contributed by atoms with Crippen molar-refractivity contribution < 1.29 is 0 Å². The first kappa shape index (κ1) is 11.3. The van der Waals surface area contributed by atoms with Crippen molar-refractivity contribution in [3.05, 3.63) is 59.0 Å². The van der Waals surface area contributed by atoms with E-state index in [1.165, 1.54) is 6.07 Å². The van der Waals surface area contributed by atoms with Crippen LogP contribution in [0.5, 0.6) is 0 Å². The number of imidazole rings is 1. The van der Waals surface area contributed by atoms with Crippen molar-refractivity contribution in [2.75, 3.05) is 0 Å². The first-order chi connectivity index (χ1) is 9.24. The van der Waals surface area contributed by atoms with Crippen LogP contribution in [0.1, 0.15) is 5.56 Å². The first-order valence-electron chi connectivity index (χ1n) is 5.75. The molecule has 94 valence electrons. The Morgan fingerprint density at radius 2 is 2.21 bits per heavy atom. The summed E-state index contributed by atoms with van der Waals surface area (Å²) in [4.78, 5) is 19.5. The van der Waals surface area contributed by atoms with Gasteiger partial charge in [-0.1, -0.05) is 0 Å². The molecule has 0 bridgehead atoms. The van der Waals surface area contributed by atoms with Crippen molar-refractivity contribution in [3.63, 3.8) is 0 Å². The minimum atomic E-state index is -0.204. The highest BCUT2D eigenvalue weighted by Gasteiger charge is 2.05. The molecule has 0 aliphatic carbocycles. The van der Waals surface area contributed by atoms with Crippen LogP contribution < -0.4 is 5.56 Å². The molecule has 0 unspecified atom stereocenters. The maximum Gasteiger partial charge on any atom is 0.264 e. The number of aromatic amines is 1. The van der Waals surface area contributed by atoms with Crippen molar-refractivity contribution in [3.8, 4) is 17.1 Å². The van der Waals surface area contributed by atoms with Gasteiger partial charge in [0.1, 0.15) is 12.1 Å². The number of rotatable bonds is 2. The predicted molar refractivity (Wildman–Crippen MR) is 69.9 cm³/mol. The van der Waals surface area contributed by atoms with Gasteiger partial charge in [-0.2, -0.15) is 5.10 Å². The highest BCUT2D eigenvalue weighted by Crippen LogP contribution is 2.18. The van der Waals surface area contributed by atoms with Gasteiger partial charge in [-0.15, -0.1) is 0 Å². The van der Waals surface area contributed by atoms with E-state index in [9.17, 15) is 4.79 Å². The minimum Gasteiger partial charge on any atom is -0.291 e. The van der Waals surface area contributed by atoms with Crippen molar-refractivity contribution in [1.29, 1.82) is 0 Å².